The maximum Gasteiger partial charge on any atom is 0.224 e. The van der Waals surface area contributed by atoms with Gasteiger partial charge in [-0.1, -0.05) is 19.3 Å². The van der Waals surface area contributed by atoms with E-state index in [9.17, 15) is 18.3 Å². The van der Waals surface area contributed by atoms with Crippen LogP contribution in [0.25, 0.3) is 0 Å². The van der Waals surface area contributed by atoms with Crippen molar-refractivity contribution < 1.29 is 18.3 Å². The van der Waals surface area contributed by atoms with Crippen LogP contribution in [0, 0.1) is 0 Å². The number of carbonyl (C=O) groups is 1. The van der Waals surface area contributed by atoms with E-state index in [4.69, 9.17) is 5.73 Å². The Bertz CT molecular complexity index is 471. The van der Waals surface area contributed by atoms with Crippen LogP contribution >= 0.6 is 0 Å². The second kappa shape index (κ2) is 6.62. The average Bonchev–Trinajstić information content (AvgIpc) is 2.76. The van der Waals surface area contributed by atoms with Crippen molar-refractivity contribution in [3.05, 3.63) is 0 Å². The molecule has 0 aromatic heterocycles. The molecule has 7 heteroatoms. The van der Waals surface area contributed by atoms with Gasteiger partial charge in [0.2, 0.25) is 5.91 Å². The van der Waals surface area contributed by atoms with Crippen LogP contribution < -0.4 is 5.73 Å². The van der Waals surface area contributed by atoms with Crippen LogP contribution in [0.2, 0.25) is 0 Å². The molecule has 1 saturated heterocycles. The summed E-state index contributed by atoms with van der Waals surface area (Å²) >= 11 is 0. The molecular weight excluding hydrogens is 292 g/mol. The van der Waals surface area contributed by atoms with Gasteiger partial charge in [-0.2, -0.15) is 0 Å². The van der Waals surface area contributed by atoms with Gasteiger partial charge in [-0.05, 0) is 19.3 Å². The lowest BCUT2D eigenvalue weighted by Crippen LogP contribution is -2.50. The molecule has 122 valence electrons. The minimum absolute atomic E-state index is 0.0102. The molecule has 3 N–H and O–H groups in total. The Morgan fingerprint density at radius 1 is 1.29 bits per heavy atom. The standard InChI is InChI=1S/C14H26N2O4S/c15-14(5-2-1-3-6-14)10-13(18)16(7-8-17)12-4-9-21(19,20)11-12/h12,17H,1-11,15H2. The van der Waals surface area contributed by atoms with Gasteiger partial charge in [-0.15, -0.1) is 0 Å². The molecule has 1 heterocycles. The Hall–Kier alpha value is -0.660. The zero-order chi connectivity index (χ0) is 15.5. The molecule has 0 radical (unpaired) electrons. The van der Waals surface area contributed by atoms with E-state index < -0.39 is 15.4 Å². The Balaban J connectivity index is 2.02. The molecule has 1 saturated carbocycles. The van der Waals surface area contributed by atoms with Gasteiger partial charge in [-0.25, -0.2) is 8.42 Å². The van der Waals surface area contributed by atoms with E-state index in [-0.39, 0.29) is 43.0 Å². The lowest BCUT2D eigenvalue weighted by Gasteiger charge is -2.36. The number of sulfone groups is 1. The van der Waals surface area contributed by atoms with Crippen LogP contribution in [0.3, 0.4) is 0 Å². The Morgan fingerprint density at radius 2 is 1.95 bits per heavy atom. The van der Waals surface area contributed by atoms with Crippen LogP contribution in [0.4, 0.5) is 0 Å². The molecular formula is C14H26N2O4S. The third-order valence-electron chi connectivity index (χ3n) is 4.66. The second-order valence-electron chi connectivity index (χ2n) is 6.47. The fourth-order valence-electron chi connectivity index (χ4n) is 3.48. The van der Waals surface area contributed by atoms with Gasteiger partial charge in [0.1, 0.15) is 0 Å². The number of rotatable bonds is 5. The summed E-state index contributed by atoms with van der Waals surface area (Å²) in [4.78, 5) is 14.1. The van der Waals surface area contributed by atoms with Crippen LogP contribution in [-0.4, -0.2) is 60.6 Å². The second-order valence-corrected chi connectivity index (χ2v) is 8.70. The number of hydrogen-bond acceptors (Lipinski definition) is 5. The molecule has 2 rings (SSSR count). The van der Waals surface area contributed by atoms with Crippen molar-refractivity contribution in [2.45, 2.75) is 56.5 Å². The minimum atomic E-state index is -3.05. The summed E-state index contributed by atoms with van der Waals surface area (Å²) in [6, 6.07) is -0.304. The first-order chi connectivity index (χ1) is 9.85. The Kier molecular flexibility index (Phi) is 5.27. The molecule has 21 heavy (non-hydrogen) atoms. The fourth-order valence-corrected chi connectivity index (χ4v) is 5.21. The first-order valence-corrected chi connectivity index (χ1v) is 9.57. The summed E-state index contributed by atoms with van der Waals surface area (Å²) in [5.74, 6) is 0.0206. The summed E-state index contributed by atoms with van der Waals surface area (Å²) in [5.41, 5.74) is 5.86. The predicted octanol–water partition coefficient (Wildman–Crippen LogP) is 0.0461. The highest BCUT2D eigenvalue weighted by Crippen LogP contribution is 2.30. The Labute approximate surface area is 126 Å². The number of aliphatic hydroxyl groups is 1. The van der Waals surface area contributed by atoms with Crippen molar-refractivity contribution in [2.75, 3.05) is 24.7 Å². The number of aliphatic hydroxyl groups excluding tert-OH is 1. The smallest absolute Gasteiger partial charge is 0.224 e. The van der Waals surface area contributed by atoms with E-state index in [1.165, 1.54) is 4.90 Å². The molecule has 0 aromatic rings. The molecule has 6 nitrogen and oxygen atoms in total. The lowest BCUT2D eigenvalue weighted by atomic mass is 9.80. The molecule has 0 spiro atoms. The van der Waals surface area contributed by atoms with Crippen molar-refractivity contribution in [3.63, 3.8) is 0 Å². The first kappa shape index (κ1) is 16.7. The van der Waals surface area contributed by atoms with Gasteiger partial charge in [0.25, 0.3) is 0 Å². The topological polar surface area (TPSA) is 101 Å². The molecule has 1 amide bonds. The highest BCUT2D eigenvalue weighted by molar-refractivity contribution is 7.91. The molecule has 1 aliphatic carbocycles. The summed E-state index contributed by atoms with van der Waals surface area (Å²) in [6.45, 7) is 0.0367. The molecule has 1 aliphatic heterocycles. The van der Waals surface area contributed by atoms with E-state index in [0.717, 1.165) is 32.1 Å². The van der Waals surface area contributed by atoms with Crippen molar-refractivity contribution in [1.82, 2.24) is 4.90 Å². The highest BCUT2D eigenvalue weighted by atomic mass is 32.2. The lowest BCUT2D eigenvalue weighted by molar-refractivity contribution is -0.135. The molecule has 0 bridgehead atoms. The number of nitrogens with two attached hydrogens (primary N) is 1. The van der Waals surface area contributed by atoms with Crippen molar-refractivity contribution in [3.8, 4) is 0 Å². The van der Waals surface area contributed by atoms with Crippen LogP contribution in [0.1, 0.15) is 44.9 Å². The predicted molar refractivity (Wildman–Crippen MR) is 80.5 cm³/mol. The molecule has 2 aliphatic rings. The van der Waals surface area contributed by atoms with Gasteiger partial charge in [0.05, 0.1) is 18.1 Å². The average molecular weight is 318 g/mol. The maximum atomic E-state index is 12.5. The highest BCUT2D eigenvalue weighted by Gasteiger charge is 2.37. The summed E-state index contributed by atoms with van der Waals surface area (Å²) in [7, 11) is -3.05. The number of nitrogens with zero attached hydrogens (tertiary/aromatic N) is 1. The maximum absolute atomic E-state index is 12.5. The van der Waals surface area contributed by atoms with E-state index in [2.05, 4.69) is 0 Å². The third kappa shape index (κ3) is 4.40. The van der Waals surface area contributed by atoms with E-state index >= 15 is 0 Å². The Morgan fingerprint density at radius 3 is 2.48 bits per heavy atom. The molecule has 2 fully saturated rings. The van der Waals surface area contributed by atoms with E-state index in [1.54, 1.807) is 0 Å². The van der Waals surface area contributed by atoms with Crippen molar-refractivity contribution in [2.24, 2.45) is 5.73 Å². The van der Waals surface area contributed by atoms with Gasteiger partial charge in [0, 0.05) is 24.5 Å². The summed E-state index contributed by atoms with van der Waals surface area (Å²) in [5, 5.41) is 9.17. The monoisotopic (exact) mass is 318 g/mol. The van der Waals surface area contributed by atoms with Gasteiger partial charge < -0.3 is 15.7 Å². The largest absolute Gasteiger partial charge is 0.395 e. The van der Waals surface area contributed by atoms with E-state index in [0.29, 0.717) is 6.42 Å². The first-order valence-electron chi connectivity index (χ1n) is 7.75. The molecule has 1 unspecified atom stereocenters. The van der Waals surface area contributed by atoms with E-state index in [1.807, 2.05) is 0 Å². The van der Waals surface area contributed by atoms with Crippen LogP contribution in [-0.2, 0) is 14.6 Å². The van der Waals surface area contributed by atoms with Crippen molar-refractivity contribution >= 4 is 15.7 Å². The zero-order valence-electron chi connectivity index (χ0n) is 12.5. The van der Waals surface area contributed by atoms with Gasteiger partial charge in [-0.3, -0.25) is 4.79 Å². The summed E-state index contributed by atoms with van der Waals surface area (Å²) < 4.78 is 23.2. The number of carbonyl (C=O) groups excluding carboxylic acids is 1. The van der Waals surface area contributed by atoms with Crippen molar-refractivity contribution in [1.29, 1.82) is 0 Å². The zero-order valence-corrected chi connectivity index (χ0v) is 13.3. The third-order valence-corrected chi connectivity index (χ3v) is 6.41. The van der Waals surface area contributed by atoms with Gasteiger partial charge in [0.15, 0.2) is 9.84 Å². The minimum Gasteiger partial charge on any atom is -0.395 e. The van der Waals surface area contributed by atoms with Crippen LogP contribution in [0.15, 0.2) is 0 Å². The molecule has 1 atom stereocenters. The van der Waals surface area contributed by atoms with Gasteiger partial charge >= 0.3 is 0 Å². The quantitative estimate of drug-likeness (QED) is 0.746. The molecule has 0 aromatic carbocycles. The summed E-state index contributed by atoms with van der Waals surface area (Å²) in [6.07, 6.45) is 5.65. The fraction of sp³-hybridized carbons (Fsp3) is 0.929. The van der Waals surface area contributed by atoms with Crippen LogP contribution in [0.5, 0.6) is 0 Å². The SMILES string of the molecule is NC1(CC(=O)N(CCO)C2CCS(=O)(=O)C2)CCCCC1. The number of amides is 1. The normalized spacial score (nSPS) is 27.4. The number of hydrogen-bond donors (Lipinski definition) is 2.